The van der Waals surface area contributed by atoms with Gasteiger partial charge in [-0.2, -0.15) is 0 Å². The molecule has 2 aromatic rings. The van der Waals surface area contributed by atoms with E-state index in [0.717, 1.165) is 5.75 Å². The Morgan fingerprint density at radius 1 is 1.05 bits per heavy atom. The minimum Gasteiger partial charge on any atom is -0.489 e. The molecule has 0 aliphatic heterocycles. The minimum atomic E-state index is 0.00623. The van der Waals surface area contributed by atoms with Crippen LogP contribution in [0.25, 0.3) is 0 Å². The van der Waals surface area contributed by atoms with E-state index in [1.807, 2.05) is 67.6 Å². The number of nitrogens with zero attached hydrogens (tertiary/aromatic N) is 1. The maximum atomic E-state index is 5.94. The highest BCUT2D eigenvalue weighted by molar-refractivity contribution is 5.82. The normalized spacial score (nSPS) is 12.9. The molecule has 0 saturated heterocycles. The van der Waals surface area contributed by atoms with Gasteiger partial charge in [-0.05, 0) is 24.6 Å². The van der Waals surface area contributed by atoms with Crippen molar-refractivity contribution in [2.75, 3.05) is 6.54 Å². The first-order chi connectivity index (χ1) is 9.74. The van der Waals surface area contributed by atoms with Crippen LogP contribution in [0, 0.1) is 0 Å². The van der Waals surface area contributed by atoms with E-state index in [1.165, 1.54) is 5.56 Å². The van der Waals surface area contributed by atoms with Crippen LogP contribution < -0.4 is 10.5 Å². The van der Waals surface area contributed by atoms with Gasteiger partial charge in [-0.25, -0.2) is 0 Å². The van der Waals surface area contributed by atoms with E-state index in [4.69, 9.17) is 10.5 Å². The minimum absolute atomic E-state index is 0.00623. The van der Waals surface area contributed by atoms with Crippen molar-refractivity contribution in [1.29, 1.82) is 0 Å². The van der Waals surface area contributed by atoms with Gasteiger partial charge in [-0.1, -0.05) is 48.5 Å². The molecule has 2 N–H and O–H groups in total. The third-order valence-electron chi connectivity index (χ3n) is 2.86. The van der Waals surface area contributed by atoms with Crippen LogP contribution in [-0.2, 0) is 6.42 Å². The molecule has 0 saturated carbocycles. The summed E-state index contributed by atoms with van der Waals surface area (Å²) < 4.78 is 5.75. The second kappa shape index (κ2) is 7.34. The molecule has 0 aliphatic carbocycles. The molecule has 3 heteroatoms. The summed E-state index contributed by atoms with van der Waals surface area (Å²) in [6.45, 7) is 2.56. The summed E-state index contributed by atoms with van der Waals surface area (Å²) in [7, 11) is 0. The summed E-state index contributed by atoms with van der Waals surface area (Å²) in [5.74, 6) is 1.50. The van der Waals surface area contributed by atoms with Gasteiger partial charge in [0.05, 0.1) is 12.4 Å². The van der Waals surface area contributed by atoms with Crippen molar-refractivity contribution in [3.05, 3.63) is 66.2 Å². The van der Waals surface area contributed by atoms with E-state index in [-0.39, 0.29) is 6.10 Å². The number of hydrogen-bond acceptors (Lipinski definition) is 2. The maximum absolute atomic E-state index is 5.94. The zero-order valence-corrected chi connectivity index (χ0v) is 11.7. The van der Waals surface area contributed by atoms with Crippen molar-refractivity contribution in [3.8, 4) is 5.75 Å². The molecule has 0 heterocycles. The number of nitrogens with two attached hydrogens (primary N) is 1. The Balaban J connectivity index is 1.82. The Morgan fingerprint density at radius 2 is 1.65 bits per heavy atom. The van der Waals surface area contributed by atoms with Crippen LogP contribution in [0.2, 0.25) is 0 Å². The van der Waals surface area contributed by atoms with Gasteiger partial charge in [0.2, 0.25) is 0 Å². The summed E-state index contributed by atoms with van der Waals surface area (Å²) in [6, 6.07) is 19.8. The largest absolute Gasteiger partial charge is 0.489 e. The summed E-state index contributed by atoms with van der Waals surface area (Å²) in [5, 5.41) is 0. The van der Waals surface area contributed by atoms with Gasteiger partial charge in [0, 0.05) is 6.42 Å². The number of amidine groups is 1. The molecule has 1 unspecified atom stereocenters. The van der Waals surface area contributed by atoms with Crippen molar-refractivity contribution in [3.63, 3.8) is 0 Å². The quantitative estimate of drug-likeness (QED) is 0.646. The standard InChI is InChI=1S/C17H20N2O/c1-14(20-16-10-6-3-7-11-16)13-19-17(18)12-15-8-4-2-5-9-15/h2-11,14H,12-13H2,1H3,(H2,18,19). The second-order valence-electron chi connectivity index (χ2n) is 4.74. The van der Waals surface area contributed by atoms with Gasteiger partial charge in [0.25, 0.3) is 0 Å². The zero-order chi connectivity index (χ0) is 14.2. The summed E-state index contributed by atoms with van der Waals surface area (Å²) in [4.78, 5) is 4.38. The first-order valence-corrected chi connectivity index (χ1v) is 6.78. The van der Waals surface area contributed by atoms with Crippen molar-refractivity contribution in [2.24, 2.45) is 10.7 Å². The molecule has 2 rings (SSSR count). The fourth-order valence-electron chi connectivity index (χ4n) is 1.88. The van der Waals surface area contributed by atoms with E-state index in [0.29, 0.717) is 18.8 Å². The number of rotatable bonds is 6. The Labute approximate surface area is 120 Å². The first kappa shape index (κ1) is 14.1. The number of hydrogen-bond donors (Lipinski definition) is 1. The molecular weight excluding hydrogens is 248 g/mol. The summed E-state index contributed by atoms with van der Waals surface area (Å²) in [5.41, 5.74) is 7.11. The molecule has 20 heavy (non-hydrogen) atoms. The summed E-state index contributed by atoms with van der Waals surface area (Å²) >= 11 is 0. The van der Waals surface area contributed by atoms with Gasteiger partial charge in [-0.15, -0.1) is 0 Å². The third kappa shape index (κ3) is 4.76. The lowest BCUT2D eigenvalue weighted by Gasteiger charge is -2.12. The monoisotopic (exact) mass is 268 g/mol. The van der Waals surface area contributed by atoms with Crippen LogP contribution >= 0.6 is 0 Å². The molecule has 0 radical (unpaired) electrons. The number of ether oxygens (including phenoxy) is 1. The topological polar surface area (TPSA) is 47.6 Å². The van der Waals surface area contributed by atoms with Crippen molar-refractivity contribution in [1.82, 2.24) is 0 Å². The molecule has 2 aromatic carbocycles. The Morgan fingerprint density at radius 3 is 2.30 bits per heavy atom. The van der Waals surface area contributed by atoms with Crippen LogP contribution in [0.1, 0.15) is 12.5 Å². The zero-order valence-electron chi connectivity index (χ0n) is 11.7. The second-order valence-corrected chi connectivity index (χ2v) is 4.74. The number of aliphatic imine (C=N–C) groups is 1. The van der Waals surface area contributed by atoms with E-state index in [1.54, 1.807) is 0 Å². The molecule has 0 amide bonds. The predicted octanol–water partition coefficient (Wildman–Crippen LogP) is 3.05. The van der Waals surface area contributed by atoms with Crippen LogP contribution in [0.4, 0.5) is 0 Å². The van der Waals surface area contributed by atoms with Gasteiger partial charge in [0.1, 0.15) is 11.9 Å². The molecule has 0 bridgehead atoms. The Hall–Kier alpha value is -2.29. The van der Waals surface area contributed by atoms with Gasteiger partial charge >= 0.3 is 0 Å². The van der Waals surface area contributed by atoms with Crippen molar-refractivity contribution >= 4 is 5.84 Å². The van der Waals surface area contributed by atoms with E-state index >= 15 is 0 Å². The van der Waals surface area contributed by atoms with Crippen molar-refractivity contribution < 1.29 is 4.74 Å². The Bertz CT molecular complexity index is 537. The van der Waals surface area contributed by atoms with E-state index < -0.39 is 0 Å². The molecule has 0 aliphatic rings. The maximum Gasteiger partial charge on any atom is 0.119 e. The highest BCUT2D eigenvalue weighted by atomic mass is 16.5. The fraction of sp³-hybridized carbons (Fsp3) is 0.235. The molecule has 0 aromatic heterocycles. The average molecular weight is 268 g/mol. The SMILES string of the molecule is CC(CN=C(N)Cc1ccccc1)Oc1ccccc1. The molecule has 3 nitrogen and oxygen atoms in total. The fourth-order valence-corrected chi connectivity index (χ4v) is 1.88. The highest BCUT2D eigenvalue weighted by Crippen LogP contribution is 2.10. The van der Waals surface area contributed by atoms with Gasteiger partial charge < -0.3 is 10.5 Å². The molecular formula is C17H20N2O. The van der Waals surface area contributed by atoms with Gasteiger partial charge in [0.15, 0.2) is 0 Å². The number of para-hydroxylation sites is 1. The van der Waals surface area contributed by atoms with E-state index in [9.17, 15) is 0 Å². The molecule has 0 fully saturated rings. The molecule has 104 valence electrons. The Kier molecular flexibility index (Phi) is 5.18. The summed E-state index contributed by atoms with van der Waals surface area (Å²) in [6.07, 6.45) is 0.686. The first-order valence-electron chi connectivity index (χ1n) is 6.78. The van der Waals surface area contributed by atoms with E-state index in [2.05, 4.69) is 4.99 Å². The predicted molar refractivity (Wildman–Crippen MR) is 83.2 cm³/mol. The lowest BCUT2D eigenvalue weighted by atomic mass is 10.1. The van der Waals surface area contributed by atoms with Crippen LogP contribution in [0.15, 0.2) is 65.7 Å². The van der Waals surface area contributed by atoms with Gasteiger partial charge in [-0.3, -0.25) is 4.99 Å². The van der Waals surface area contributed by atoms with Crippen LogP contribution in [0.3, 0.4) is 0 Å². The average Bonchev–Trinajstić information content (AvgIpc) is 2.47. The number of benzene rings is 2. The molecule has 1 atom stereocenters. The third-order valence-corrected chi connectivity index (χ3v) is 2.86. The van der Waals surface area contributed by atoms with Crippen LogP contribution in [-0.4, -0.2) is 18.5 Å². The highest BCUT2D eigenvalue weighted by Gasteiger charge is 2.03. The smallest absolute Gasteiger partial charge is 0.119 e. The lowest BCUT2D eigenvalue weighted by Crippen LogP contribution is -2.21. The lowest BCUT2D eigenvalue weighted by molar-refractivity contribution is 0.230. The molecule has 0 spiro atoms. The van der Waals surface area contributed by atoms with Crippen LogP contribution in [0.5, 0.6) is 5.75 Å². The van der Waals surface area contributed by atoms with Crippen molar-refractivity contribution in [2.45, 2.75) is 19.4 Å².